The second-order valence-corrected chi connectivity index (χ2v) is 5.11. The maximum Gasteiger partial charge on any atom is 0.271 e. The molecule has 1 aromatic carbocycles. The molecule has 1 atom stereocenters. The molecular formula is C16H20N4O3. The minimum atomic E-state index is -0.331. The Labute approximate surface area is 134 Å². The van der Waals surface area contributed by atoms with Crippen LogP contribution < -0.4 is 15.4 Å². The number of aromatic nitrogens is 2. The highest BCUT2D eigenvalue weighted by molar-refractivity contribution is 5.92. The number of benzene rings is 1. The summed E-state index contributed by atoms with van der Waals surface area (Å²) in [5, 5.41) is 11.9. The van der Waals surface area contributed by atoms with E-state index in [1.54, 1.807) is 20.0 Å². The average Bonchev–Trinajstić information content (AvgIpc) is 3.06. The number of hydrogen-bond acceptors (Lipinski definition) is 4. The van der Waals surface area contributed by atoms with Gasteiger partial charge in [-0.05, 0) is 18.2 Å². The highest BCUT2D eigenvalue weighted by Crippen LogP contribution is 2.11. The molecule has 0 saturated heterocycles. The van der Waals surface area contributed by atoms with Gasteiger partial charge in [0.15, 0.2) is 0 Å². The van der Waals surface area contributed by atoms with E-state index < -0.39 is 0 Å². The summed E-state index contributed by atoms with van der Waals surface area (Å²) < 4.78 is 5.57. The summed E-state index contributed by atoms with van der Waals surface area (Å²) in [6.45, 7) is 2.28. The fourth-order valence-electron chi connectivity index (χ4n) is 1.91. The molecule has 2 amide bonds. The minimum Gasteiger partial charge on any atom is -0.487 e. The molecule has 0 aliphatic carbocycles. The zero-order valence-corrected chi connectivity index (χ0v) is 13.1. The zero-order valence-electron chi connectivity index (χ0n) is 13.1. The van der Waals surface area contributed by atoms with Gasteiger partial charge in [-0.15, -0.1) is 0 Å². The summed E-state index contributed by atoms with van der Waals surface area (Å²) in [7, 11) is 1.56. The van der Waals surface area contributed by atoms with Crippen LogP contribution in [0.3, 0.4) is 0 Å². The van der Waals surface area contributed by atoms with E-state index >= 15 is 0 Å². The standard InChI is InChI=1S/C16H20N4O3/c1-11(15(21)17-2)9-18-16(22)14-8-12(19-20-14)10-23-13-6-4-3-5-7-13/h3-8,11H,9-10H2,1-2H3,(H,17,21)(H,18,22)(H,19,20)/t11-/m0/s1. The van der Waals surface area contributed by atoms with E-state index in [0.29, 0.717) is 12.3 Å². The molecule has 0 bridgehead atoms. The van der Waals surface area contributed by atoms with E-state index in [1.165, 1.54) is 0 Å². The van der Waals surface area contributed by atoms with Crippen LogP contribution in [0.25, 0.3) is 0 Å². The van der Waals surface area contributed by atoms with Gasteiger partial charge < -0.3 is 15.4 Å². The zero-order chi connectivity index (χ0) is 16.7. The van der Waals surface area contributed by atoms with Crippen molar-refractivity contribution in [3.63, 3.8) is 0 Å². The van der Waals surface area contributed by atoms with Crippen molar-refractivity contribution >= 4 is 11.8 Å². The Morgan fingerprint density at radius 2 is 2.04 bits per heavy atom. The molecule has 0 spiro atoms. The van der Waals surface area contributed by atoms with Gasteiger partial charge in [-0.2, -0.15) is 5.10 Å². The lowest BCUT2D eigenvalue weighted by Gasteiger charge is -2.09. The van der Waals surface area contributed by atoms with Gasteiger partial charge in [-0.1, -0.05) is 25.1 Å². The van der Waals surface area contributed by atoms with E-state index in [9.17, 15) is 9.59 Å². The molecule has 0 fully saturated rings. The molecular weight excluding hydrogens is 296 g/mol. The first-order valence-corrected chi connectivity index (χ1v) is 7.32. The number of hydrogen-bond donors (Lipinski definition) is 3. The molecule has 0 aliphatic heterocycles. The Kier molecular flexibility index (Phi) is 5.74. The number of H-pyrrole nitrogens is 1. The molecule has 23 heavy (non-hydrogen) atoms. The molecule has 1 heterocycles. The van der Waals surface area contributed by atoms with Crippen LogP contribution in [0.1, 0.15) is 23.1 Å². The molecule has 7 heteroatoms. The van der Waals surface area contributed by atoms with Crippen LogP contribution in [-0.4, -0.2) is 35.6 Å². The van der Waals surface area contributed by atoms with Crippen molar-refractivity contribution < 1.29 is 14.3 Å². The topological polar surface area (TPSA) is 96.1 Å². The van der Waals surface area contributed by atoms with Gasteiger partial charge in [0.05, 0.1) is 11.6 Å². The number of nitrogens with one attached hydrogen (secondary N) is 3. The third-order valence-corrected chi connectivity index (χ3v) is 3.26. The van der Waals surface area contributed by atoms with Crippen LogP contribution in [0.2, 0.25) is 0 Å². The Morgan fingerprint density at radius 3 is 2.74 bits per heavy atom. The highest BCUT2D eigenvalue weighted by atomic mass is 16.5. The second kappa shape index (κ2) is 7.98. The molecule has 1 aromatic heterocycles. The third kappa shape index (κ3) is 4.84. The maximum atomic E-state index is 12.0. The molecule has 0 aliphatic rings. The van der Waals surface area contributed by atoms with Crippen LogP contribution in [0.15, 0.2) is 36.4 Å². The number of carbonyl (C=O) groups excluding carboxylic acids is 2. The first kappa shape index (κ1) is 16.5. The number of rotatable bonds is 7. The van der Waals surface area contributed by atoms with Crippen molar-refractivity contribution in [2.24, 2.45) is 5.92 Å². The summed E-state index contributed by atoms with van der Waals surface area (Å²) >= 11 is 0. The Morgan fingerprint density at radius 1 is 1.30 bits per heavy atom. The van der Waals surface area contributed by atoms with Crippen molar-refractivity contribution in [1.29, 1.82) is 0 Å². The smallest absolute Gasteiger partial charge is 0.271 e. The maximum absolute atomic E-state index is 12.0. The molecule has 0 radical (unpaired) electrons. The summed E-state index contributed by atoms with van der Waals surface area (Å²) in [4.78, 5) is 23.4. The Hall–Kier alpha value is -2.83. The largest absolute Gasteiger partial charge is 0.487 e. The van der Waals surface area contributed by atoms with E-state index in [2.05, 4.69) is 20.8 Å². The first-order chi connectivity index (χ1) is 11.1. The van der Waals surface area contributed by atoms with E-state index in [1.807, 2.05) is 30.3 Å². The average molecular weight is 316 g/mol. The second-order valence-electron chi connectivity index (χ2n) is 5.11. The van der Waals surface area contributed by atoms with Gasteiger partial charge in [0.1, 0.15) is 18.1 Å². The monoisotopic (exact) mass is 316 g/mol. The molecule has 2 aromatic rings. The van der Waals surface area contributed by atoms with Gasteiger partial charge in [-0.3, -0.25) is 14.7 Å². The van der Waals surface area contributed by atoms with E-state index in [0.717, 1.165) is 5.75 Å². The van der Waals surface area contributed by atoms with Gasteiger partial charge >= 0.3 is 0 Å². The van der Waals surface area contributed by atoms with Crippen molar-refractivity contribution in [1.82, 2.24) is 20.8 Å². The predicted molar refractivity (Wildman–Crippen MR) is 84.9 cm³/mol. The fraction of sp³-hybridized carbons (Fsp3) is 0.312. The lowest BCUT2D eigenvalue weighted by molar-refractivity contribution is -0.123. The number of nitrogens with zero attached hydrogens (tertiary/aromatic N) is 1. The van der Waals surface area contributed by atoms with Crippen molar-refractivity contribution in [2.45, 2.75) is 13.5 Å². The van der Waals surface area contributed by atoms with Gasteiger partial charge in [0.2, 0.25) is 5.91 Å². The van der Waals surface area contributed by atoms with Gasteiger partial charge in [0.25, 0.3) is 5.91 Å². The lowest BCUT2D eigenvalue weighted by atomic mass is 10.1. The predicted octanol–water partition coefficient (Wildman–Crippen LogP) is 1.10. The lowest BCUT2D eigenvalue weighted by Crippen LogP contribution is -2.36. The highest BCUT2D eigenvalue weighted by Gasteiger charge is 2.15. The summed E-state index contributed by atoms with van der Waals surface area (Å²) in [5.74, 6) is -0.0106. The van der Waals surface area contributed by atoms with Crippen molar-refractivity contribution in [2.75, 3.05) is 13.6 Å². The van der Waals surface area contributed by atoms with Crippen LogP contribution in [-0.2, 0) is 11.4 Å². The van der Waals surface area contributed by atoms with E-state index in [-0.39, 0.29) is 30.0 Å². The normalized spacial score (nSPS) is 11.6. The van der Waals surface area contributed by atoms with Crippen LogP contribution in [0.4, 0.5) is 0 Å². The Balaban J connectivity index is 1.83. The number of amides is 2. The summed E-state index contributed by atoms with van der Waals surface area (Å²) in [6.07, 6.45) is 0. The summed E-state index contributed by atoms with van der Waals surface area (Å²) in [5.41, 5.74) is 0.958. The van der Waals surface area contributed by atoms with Crippen molar-refractivity contribution in [3.8, 4) is 5.75 Å². The molecule has 122 valence electrons. The molecule has 0 unspecified atom stereocenters. The summed E-state index contributed by atoms with van der Waals surface area (Å²) in [6, 6.07) is 11.0. The molecule has 3 N–H and O–H groups in total. The van der Waals surface area contributed by atoms with E-state index in [4.69, 9.17) is 4.74 Å². The minimum absolute atomic E-state index is 0.121. The molecule has 2 rings (SSSR count). The number of carbonyl (C=O) groups is 2. The number of ether oxygens (including phenoxy) is 1. The van der Waals surface area contributed by atoms with Crippen LogP contribution in [0, 0.1) is 5.92 Å². The fourth-order valence-corrected chi connectivity index (χ4v) is 1.91. The Bertz CT molecular complexity index is 654. The third-order valence-electron chi connectivity index (χ3n) is 3.26. The van der Waals surface area contributed by atoms with Gasteiger partial charge in [0, 0.05) is 13.6 Å². The number of aromatic amines is 1. The molecule has 7 nitrogen and oxygen atoms in total. The SMILES string of the molecule is CNC(=O)[C@@H](C)CNC(=O)c1cc(COc2ccccc2)[nH]n1. The first-order valence-electron chi connectivity index (χ1n) is 7.32. The van der Waals surface area contributed by atoms with Gasteiger partial charge in [-0.25, -0.2) is 0 Å². The van der Waals surface area contributed by atoms with Crippen LogP contribution >= 0.6 is 0 Å². The number of para-hydroxylation sites is 1. The van der Waals surface area contributed by atoms with Crippen molar-refractivity contribution in [3.05, 3.63) is 47.8 Å². The quantitative estimate of drug-likeness (QED) is 0.713. The molecule has 0 saturated carbocycles. The van der Waals surface area contributed by atoms with Crippen LogP contribution in [0.5, 0.6) is 5.75 Å².